The van der Waals surface area contributed by atoms with Gasteiger partial charge in [0.15, 0.2) is 0 Å². The van der Waals surface area contributed by atoms with Gasteiger partial charge in [0.2, 0.25) is 0 Å². The standard InChI is InChI=1S/C12H21N4O3Se/c1-2-12(9(17)20,15-10(13)14)16-11(18)19-8-6-4-3-5-7-8/h8H,2-7H2,1H3,(H,16,18)(H4,13,14,15). The Morgan fingerprint density at radius 1 is 1.35 bits per heavy atom. The molecule has 0 saturated heterocycles. The van der Waals surface area contributed by atoms with E-state index >= 15 is 0 Å². The van der Waals surface area contributed by atoms with Crippen LogP contribution in [0.15, 0.2) is 4.99 Å². The van der Waals surface area contributed by atoms with E-state index < -0.39 is 16.4 Å². The zero-order valence-corrected chi connectivity index (χ0v) is 13.3. The molecular weight excluding hydrogens is 327 g/mol. The molecule has 0 aromatic carbocycles. The van der Waals surface area contributed by atoms with Crippen LogP contribution < -0.4 is 16.8 Å². The summed E-state index contributed by atoms with van der Waals surface area (Å²) in [5.41, 5.74) is 9.15. The minimum atomic E-state index is -1.50. The van der Waals surface area contributed by atoms with Gasteiger partial charge < -0.3 is 0 Å². The van der Waals surface area contributed by atoms with Crippen molar-refractivity contribution in [2.75, 3.05) is 0 Å². The van der Waals surface area contributed by atoms with E-state index in [4.69, 9.17) is 16.2 Å². The van der Waals surface area contributed by atoms with Gasteiger partial charge in [0.25, 0.3) is 0 Å². The normalized spacial score (nSPS) is 18.6. The summed E-state index contributed by atoms with van der Waals surface area (Å²) in [6, 6.07) is 0. The van der Waals surface area contributed by atoms with E-state index in [-0.39, 0.29) is 18.5 Å². The molecule has 0 heterocycles. The predicted octanol–water partition coefficient (Wildman–Crippen LogP) is 0.120. The maximum atomic E-state index is 11.9. The first-order valence-corrected chi connectivity index (χ1v) is 7.56. The molecule has 1 aliphatic rings. The summed E-state index contributed by atoms with van der Waals surface area (Å²) >= 11 is 2.32. The molecule has 20 heavy (non-hydrogen) atoms. The van der Waals surface area contributed by atoms with Crippen LogP contribution in [0, 0.1) is 0 Å². The van der Waals surface area contributed by atoms with Gasteiger partial charge in [-0.25, -0.2) is 0 Å². The molecule has 1 atom stereocenters. The van der Waals surface area contributed by atoms with Crippen LogP contribution in [-0.4, -0.2) is 44.5 Å². The molecular formula is C12H21N4O3Se. The van der Waals surface area contributed by atoms with E-state index in [1.807, 2.05) is 0 Å². The molecule has 0 spiro atoms. The molecule has 113 valence electrons. The Bertz CT molecular complexity index is 392. The molecule has 7 nitrogen and oxygen atoms in total. The predicted molar refractivity (Wildman–Crippen MR) is 76.1 cm³/mol. The molecule has 1 amide bonds. The number of rotatable bonds is 5. The molecule has 8 heteroatoms. The van der Waals surface area contributed by atoms with Crippen LogP contribution in [0.3, 0.4) is 0 Å². The summed E-state index contributed by atoms with van der Waals surface area (Å²) in [6.07, 6.45) is 4.40. The van der Waals surface area contributed by atoms with E-state index in [0.29, 0.717) is 0 Å². The van der Waals surface area contributed by atoms with Gasteiger partial charge in [0.1, 0.15) is 0 Å². The van der Waals surface area contributed by atoms with Gasteiger partial charge in [-0.05, 0) is 0 Å². The van der Waals surface area contributed by atoms with Crippen molar-refractivity contribution in [1.82, 2.24) is 5.32 Å². The second kappa shape index (κ2) is 7.50. The number of carbonyl (C=O) groups is 2. The molecule has 1 aliphatic carbocycles. The van der Waals surface area contributed by atoms with Crippen molar-refractivity contribution in [1.29, 1.82) is 0 Å². The van der Waals surface area contributed by atoms with Crippen molar-refractivity contribution in [3.8, 4) is 0 Å². The van der Waals surface area contributed by atoms with Crippen molar-refractivity contribution in [3.05, 3.63) is 0 Å². The number of hydrogen-bond acceptors (Lipinski definition) is 4. The fourth-order valence-corrected chi connectivity index (χ4v) is 2.70. The van der Waals surface area contributed by atoms with Crippen LogP contribution in [0.2, 0.25) is 0 Å². The summed E-state index contributed by atoms with van der Waals surface area (Å²) in [5, 5.41) is 2.47. The number of alkyl carbamates (subject to hydrolysis) is 1. The van der Waals surface area contributed by atoms with Crippen LogP contribution in [0.5, 0.6) is 0 Å². The van der Waals surface area contributed by atoms with Gasteiger partial charge >= 0.3 is 126 Å². The number of amides is 1. The Kier molecular flexibility index (Phi) is 6.29. The SMILES string of the molecule is CCC(N=C(N)N)(NC(=O)OC1CCCCC1)C(=O)[Se]. The number of hydrogen-bond donors (Lipinski definition) is 3. The van der Waals surface area contributed by atoms with Crippen LogP contribution >= 0.6 is 0 Å². The first-order chi connectivity index (χ1) is 9.39. The molecule has 5 N–H and O–H groups in total. The van der Waals surface area contributed by atoms with Gasteiger partial charge in [0, 0.05) is 0 Å². The number of aliphatic imine (C=N–C) groups is 1. The zero-order valence-electron chi connectivity index (χ0n) is 11.6. The van der Waals surface area contributed by atoms with Crippen LogP contribution in [0.25, 0.3) is 0 Å². The number of nitrogens with two attached hydrogens (primary N) is 2. The van der Waals surface area contributed by atoms with Crippen molar-refractivity contribution in [2.45, 2.75) is 57.2 Å². The van der Waals surface area contributed by atoms with Crippen molar-refractivity contribution >= 4 is 32.7 Å². The Balaban J connectivity index is 2.71. The molecule has 1 rings (SSSR count). The Labute approximate surface area is 126 Å². The molecule has 1 unspecified atom stereocenters. The Hall–Kier alpha value is -1.27. The van der Waals surface area contributed by atoms with Crippen LogP contribution in [-0.2, 0) is 9.53 Å². The van der Waals surface area contributed by atoms with E-state index in [1.165, 1.54) is 0 Å². The average molecular weight is 348 g/mol. The third-order valence-electron chi connectivity index (χ3n) is 3.30. The van der Waals surface area contributed by atoms with E-state index in [9.17, 15) is 9.59 Å². The number of nitrogens with one attached hydrogen (secondary N) is 1. The number of ether oxygens (including phenoxy) is 1. The van der Waals surface area contributed by atoms with Gasteiger partial charge in [-0.15, -0.1) is 0 Å². The van der Waals surface area contributed by atoms with Gasteiger partial charge in [-0.3, -0.25) is 0 Å². The summed E-state index contributed by atoms with van der Waals surface area (Å²) in [7, 11) is 0. The fraction of sp³-hybridized carbons (Fsp3) is 0.750. The second-order valence-corrected chi connectivity index (χ2v) is 5.61. The number of guanidine groups is 1. The zero-order chi connectivity index (χ0) is 15.2. The summed E-state index contributed by atoms with van der Waals surface area (Å²) in [6.45, 7) is 1.70. The second-order valence-electron chi connectivity index (χ2n) is 4.83. The summed E-state index contributed by atoms with van der Waals surface area (Å²) in [5.74, 6) is -0.270. The molecule has 0 aliphatic heterocycles. The minimum absolute atomic E-state index is 0.103. The molecule has 0 aromatic rings. The molecule has 0 bridgehead atoms. The number of carbonyl (C=O) groups excluding carboxylic acids is 2. The third kappa shape index (κ3) is 4.68. The first kappa shape index (κ1) is 16.8. The molecule has 1 fully saturated rings. The Morgan fingerprint density at radius 3 is 2.40 bits per heavy atom. The maximum absolute atomic E-state index is 11.9. The Morgan fingerprint density at radius 2 is 1.95 bits per heavy atom. The van der Waals surface area contributed by atoms with E-state index in [0.717, 1.165) is 32.1 Å². The van der Waals surface area contributed by atoms with Crippen LogP contribution in [0.1, 0.15) is 45.4 Å². The molecule has 0 aromatic heterocycles. The van der Waals surface area contributed by atoms with Crippen molar-refractivity contribution < 1.29 is 14.3 Å². The van der Waals surface area contributed by atoms with Gasteiger partial charge in [-0.2, -0.15) is 0 Å². The van der Waals surface area contributed by atoms with E-state index in [2.05, 4.69) is 26.3 Å². The average Bonchev–Trinajstić information content (AvgIpc) is 2.38. The van der Waals surface area contributed by atoms with Gasteiger partial charge in [0.05, 0.1) is 0 Å². The summed E-state index contributed by atoms with van der Waals surface area (Å²) < 4.78 is 4.85. The topological polar surface area (TPSA) is 120 Å². The molecule has 1 radical (unpaired) electrons. The first-order valence-electron chi connectivity index (χ1n) is 6.70. The third-order valence-corrected chi connectivity index (χ3v) is 4.01. The van der Waals surface area contributed by atoms with Crippen molar-refractivity contribution in [3.63, 3.8) is 0 Å². The van der Waals surface area contributed by atoms with Crippen molar-refractivity contribution in [2.24, 2.45) is 16.5 Å². The number of nitrogens with zero attached hydrogens (tertiary/aromatic N) is 1. The monoisotopic (exact) mass is 349 g/mol. The summed E-state index contributed by atoms with van der Waals surface area (Å²) in [4.78, 5) is 27.5. The quantitative estimate of drug-likeness (QED) is 0.370. The van der Waals surface area contributed by atoms with E-state index in [1.54, 1.807) is 6.92 Å². The fourth-order valence-electron chi connectivity index (χ4n) is 2.19. The van der Waals surface area contributed by atoms with Crippen LogP contribution in [0.4, 0.5) is 4.79 Å². The molecule has 1 saturated carbocycles. The van der Waals surface area contributed by atoms with Gasteiger partial charge in [-0.1, -0.05) is 0 Å².